The van der Waals surface area contributed by atoms with Gasteiger partial charge in [-0.1, -0.05) is 23.7 Å². The highest BCUT2D eigenvalue weighted by Gasteiger charge is 2.04. The minimum absolute atomic E-state index is 0. The van der Waals surface area contributed by atoms with Gasteiger partial charge in [0.25, 0.3) is 0 Å². The normalized spacial score (nSPS) is 10.9. The number of hydrogen-bond donors (Lipinski definition) is 2. The average molecular weight is 480 g/mol. The van der Waals surface area contributed by atoms with Crippen molar-refractivity contribution in [2.24, 2.45) is 4.99 Å². The molecule has 0 saturated heterocycles. The van der Waals surface area contributed by atoms with Gasteiger partial charge in [0.2, 0.25) is 0 Å². The molecule has 0 bridgehead atoms. The van der Waals surface area contributed by atoms with Crippen molar-refractivity contribution in [2.75, 3.05) is 32.6 Å². The van der Waals surface area contributed by atoms with E-state index in [1.54, 1.807) is 18.4 Å². The van der Waals surface area contributed by atoms with E-state index in [-0.39, 0.29) is 24.0 Å². The summed E-state index contributed by atoms with van der Waals surface area (Å²) < 4.78 is 0. The number of thiazole rings is 1. The highest BCUT2D eigenvalue weighted by Crippen LogP contribution is 2.17. The van der Waals surface area contributed by atoms with Gasteiger partial charge in [0.15, 0.2) is 11.1 Å². The first-order valence-electron chi connectivity index (χ1n) is 7.39. The van der Waals surface area contributed by atoms with Gasteiger partial charge in [0, 0.05) is 38.1 Å². The molecule has 0 aliphatic carbocycles. The maximum Gasteiger partial charge on any atom is 0.191 e. The van der Waals surface area contributed by atoms with E-state index in [9.17, 15) is 0 Å². The highest BCUT2D eigenvalue weighted by molar-refractivity contribution is 14.0. The molecule has 1 aromatic carbocycles. The zero-order valence-electron chi connectivity index (χ0n) is 14.0. The van der Waals surface area contributed by atoms with Crippen LogP contribution >= 0.6 is 46.9 Å². The summed E-state index contributed by atoms with van der Waals surface area (Å²) in [7, 11) is 5.75. The molecule has 2 N–H and O–H groups in total. The summed E-state index contributed by atoms with van der Waals surface area (Å²) in [4.78, 5) is 10.8. The molecule has 0 aliphatic rings. The molecule has 8 heteroatoms. The molecule has 1 aromatic heterocycles. The largest absolute Gasteiger partial charge is 0.356 e. The van der Waals surface area contributed by atoms with Gasteiger partial charge in [-0.2, -0.15) is 0 Å². The third-order valence-corrected chi connectivity index (χ3v) is 4.51. The summed E-state index contributed by atoms with van der Waals surface area (Å²) in [5, 5.41) is 10.4. The Kier molecular flexibility index (Phi) is 9.38. The van der Waals surface area contributed by atoms with Gasteiger partial charge < -0.3 is 15.5 Å². The summed E-state index contributed by atoms with van der Waals surface area (Å²) in [6.45, 7) is 1.46. The Morgan fingerprint density at radius 2 is 1.96 bits per heavy atom. The first-order valence-corrected chi connectivity index (χ1v) is 8.65. The molecule has 0 spiro atoms. The SMILES string of the molecule is CN=C(NCCc1ccc(Cl)cc1)NCc1csc(N(C)C)n1.I. The molecule has 0 unspecified atom stereocenters. The summed E-state index contributed by atoms with van der Waals surface area (Å²) in [6.07, 6.45) is 0.916. The van der Waals surface area contributed by atoms with Crippen molar-refractivity contribution in [1.82, 2.24) is 15.6 Å². The summed E-state index contributed by atoms with van der Waals surface area (Å²) in [5.74, 6) is 0.776. The van der Waals surface area contributed by atoms with Crippen LogP contribution in [0.4, 0.5) is 5.13 Å². The standard InChI is InChI=1S/C16H22ClN5S.HI/c1-18-15(19-9-8-12-4-6-13(17)7-5-12)20-10-14-11-23-16(21-14)22(2)3;/h4-7,11H,8-10H2,1-3H3,(H2,18,19,20);1H. The molecule has 132 valence electrons. The Labute approximate surface area is 169 Å². The molecule has 0 amide bonds. The summed E-state index contributed by atoms with van der Waals surface area (Å²) >= 11 is 7.52. The zero-order valence-corrected chi connectivity index (χ0v) is 17.9. The third kappa shape index (κ3) is 6.82. The van der Waals surface area contributed by atoms with Gasteiger partial charge in [-0.05, 0) is 24.1 Å². The number of anilines is 1. The molecule has 5 nitrogen and oxygen atoms in total. The molecule has 0 saturated carbocycles. The van der Waals surface area contributed by atoms with Crippen molar-refractivity contribution in [2.45, 2.75) is 13.0 Å². The predicted molar refractivity (Wildman–Crippen MR) is 115 cm³/mol. The Morgan fingerprint density at radius 3 is 2.54 bits per heavy atom. The summed E-state index contributed by atoms with van der Waals surface area (Å²) in [5.41, 5.74) is 2.26. The van der Waals surface area contributed by atoms with Crippen LogP contribution in [0.1, 0.15) is 11.3 Å². The van der Waals surface area contributed by atoms with Crippen molar-refractivity contribution in [1.29, 1.82) is 0 Å². The monoisotopic (exact) mass is 479 g/mol. The number of nitrogens with one attached hydrogen (secondary N) is 2. The lowest BCUT2D eigenvalue weighted by molar-refractivity contribution is 0.786. The minimum atomic E-state index is 0. The highest BCUT2D eigenvalue weighted by atomic mass is 127. The molecule has 24 heavy (non-hydrogen) atoms. The molecular formula is C16H23ClIN5S. The molecule has 2 rings (SSSR count). The maximum absolute atomic E-state index is 5.89. The van der Waals surface area contributed by atoms with Gasteiger partial charge in [-0.25, -0.2) is 4.98 Å². The maximum atomic E-state index is 5.89. The van der Waals surface area contributed by atoms with E-state index >= 15 is 0 Å². The second-order valence-electron chi connectivity index (χ2n) is 5.24. The molecule has 2 aromatic rings. The molecule has 0 atom stereocenters. The van der Waals surface area contributed by atoms with Crippen molar-refractivity contribution in [3.8, 4) is 0 Å². The van der Waals surface area contributed by atoms with Crippen molar-refractivity contribution < 1.29 is 0 Å². The summed E-state index contributed by atoms with van der Waals surface area (Å²) in [6, 6.07) is 7.90. The lowest BCUT2D eigenvalue weighted by atomic mass is 10.1. The fourth-order valence-corrected chi connectivity index (χ4v) is 2.84. The first kappa shape index (κ1) is 21.0. The third-order valence-electron chi connectivity index (χ3n) is 3.20. The van der Waals surface area contributed by atoms with Gasteiger partial charge in [0.1, 0.15) is 0 Å². The van der Waals surface area contributed by atoms with E-state index in [0.717, 1.165) is 34.8 Å². The van der Waals surface area contributed by atoms with Crippen LogP contribution in [-0.4, -0.2) is 38.6 Å². The number of hydrogen-bond acceptors (Lipinski definition) is 4. The second-order valence-corrected chi connectivity index (χ2v) is 6.52. The van der Waals surface area contributed by atoms with Crippen LogP contribution in [0.15, 0.2) is 34.6 Å². The van der Waals surface area contributed by atoms with E-state index in [1.807, 2.05) is 43.3 Å². The van der Waals surface area contributed by atoms with Crippen LogP contribution in [0.25, 0.3) is 0 Å². The van der Waals surface area contributed by atoms with Gasteiger partial charge in [-0.15, -0.1) is 35.3 Å². The number of aliphatic imine (C=N–C) groups is 1. The van der Waals surface area contributed by atoms with Gasteiger partial charge >= 0.3 is 0 Å². The van der Waals surface area contributed by atoms with E-state index in [2.05, 4.69) is 26.0 Å². The average Bonchev–Trinajstić information content (AvgIpc) is 3.01. The molecule has 0 fully saturated rings. The van der Waals surface area contributed by atoms with Crippen molar-refractivity contribution >= 4 is 58.0 Å². The topological polar surface area (TPSA) is 52.6 Å². The van der Waals surface area contributed by atoms with E-state index in [4.69, 9.17) is 11.6 Å². The fourth-order valence-electron chi connectivity index (χ4n) is 1.95. The molecular weight excluding hydrogens is 457 g/mol. The number of nitrogens with zero attached hydrogens (tertiary/aromatic N) is 3. The molecule has 0 aliphatic heterocycles. The van der Waals surface area contributed by atoms with E-state index in [1.165, 1.54) is 5.56 Å². The lowest BCUT2D eigenvalue weighted by Gasteiger charge is -2.11. The number of rotatable bonds is 6. The van der Waals surface area contributed by atoms with Gasteiger partial charge in [0.05, 0.1) is 12.2 Å². The Balaban J connectivity index is 0.00000288. The minimum Gasteiger partial charge on any atom is -0.356 e. The van der Waals surface area contributed by atoms with Crippen LogP contribution in [0.3, 0.4) is 0 Å². The number of halogens is 2. The van der Waals surface area contributed by atoms with Crippen LogP contribution in [0.5, 0.6) is 0 Å². The van der Waals surface area contributed by atoms with Crippen LogP contribution in [0, 0.1) is 0 Å². The number of aromatic nitrogens is 1. The number of guanidine groups is 1. The number of benzene rings is 1. The van der Waals surface area contributed by atoms with Crippen molar-refractivity contribution in [3.63, 3.8) is 0 Å². The smallest absolute Gasteiger partial charge is 0.191 e. The van der Waals surface area contributed by atoms with Crippen LogP contribution in [-0.2, 0) is 13.0 Å². The van der Waals surface area contributed by atoms with E-state index in [0.29, 0.717) is 6.54 Å². The molecule has 0 radical (unpaired) electrons. The Bertz CT molecular complexity index is 642. The van der Waals surface area contributed by atoms with Crippen molar-refractivity contribution in [3.05, 3.63) is 45.9 Å². The first-order chi connectivity index (χ1) is 11.1. The van der Waals surface area contributed by atoms with Crippen LogP contribution < -0.4 is 15.5 Å². The van der Waals surface area contributed by atoms with Crippen LogP contribution in [0.2, 0.25) is 5.02 Å². The van der Waals surface area contributed by atoms with E-state index < -0.39 is 0 Å². The lowest BCUT2D eigenvalue weighted by Crippen LogP contribution is -2.37. The van der Waals surface area contributed by atoms with Gasteiger partial charge in [-0.3, -0.25) is 4.99 Å². The Hall–Kier alpha value is -1.06. The Morgan fingerprint density at radius 1 is 1.25 bits per heavy atom. The second kappa shape index (κ2) is 10.7. The fraction of sp³-hybridized carbons (Fsp3) is 0.375. The quantitative estimate of drug-likeness (QED) is 0.379. The predicted octanol–water partition coefficient (Wildman–Crippen LogP) is 3.39. The molecule has 1 heterocycles. The zero-order chi connectivity index (χ0) is 16.7.